The van der Waals surface area contributed by atoms with E-state index in [0.717, 1.165) is 16.7 Å². The molecule has 116 valence electrons. The molecule has 6 heteroatoms. The average molecular weight is 315 g/mol. The van der Waals surface area contributed by atoms with Gasteiger partial charge in [0.25, 0.3) is 0 Å². The molecule has 4 nitrogen and oxygen atoms in total. The van der Waals surface area contributed by atoms with E-state index in [1.807, 2.05) is 0 Å². The topological polar surface area (TPSA) is 59.3 Å². The zero-order valence-corrected chi connectivity index (χ0v) is 12.0. The van der Waals surface area contributed by atoms with E-state index in [4.69, 9.17) is 0 Å². The van der Waals surface area contributed by atoms with Crippen LogP contribution in [0.4, 0.5) is 8.78 Å². The van der Waals surface area contributed by atoms with Crippen molar-refractivity contribution in [1.29, 1.82) is 0 Å². The van der Waals surface area contributed by atoms with Crippen LogP contribution in [0, 0.1) is 18.7 Å². The summed E-state index contributed by atoms with van der Waals surface area (Å²) < 4.78 is 28.9. The summed E-state index contributed by atoms with van der Waals surface area (Å²) in [6, 6.07) is 9.63. The molecule has 0 fully saturated rings. The maximum absolute atomic E-state index is 14.8. The predicted octanol–water partition coefficient (Wildman–Crippen LogP) is 3.28. The number of benzene rings is 2. The Morgan fingerprint density at radius 3 is 2.35 bits per heavy atom. The van der Waals surface area contributed by atoms with Gasteiger partial charge >= 0.3 is 5.97 Å². The molecule has 0 bridgehead atoms. The lowest BCUT2D eigenvalue weighted by Crippen LogP contribution is -2.23. The molecule has 1 N–H and O–H groups in total. The SMILES string of the molecule is Cc1cccc2c(=O)c(C(=O)O)c(F)n(-c3ccc(F)cc3)c12. The third kappa shape index (κ3) is 2.28. The highest BCUT2D eigenvalue weighted by molar-refractivity contribution is 5.94. The van der Waals surface area contributed by atoms with Crippen molar-refractivity contribution in [3.05, 3.63) is 75.6 Å². The molecule has 0 unspecified atom stereocenters. The van der Waals surface area contributed by atoms with Crippen LogP contribution in [0.3, 0.4) is 0 Å². The number of pyridine rings is 1. The van der Waals surface area contributed by atoms with Crippen LogP contribution in [-0.2, 0) is 0 Å². The van der Waals surface area contributed by atoms with Gasteiger partial charge in [0, 0.05) is 11.1 Å². The van der Waals surface area contributed by atoms with E-state index in [-0.39, 0.29) is 16.6 Å². The molecular formula is C17H11F2NO3. The van der Waals surface area contributed by atoms with Crippen LogP contribution in [0.1, 0.15) is 15.9 Å². The van der Waals surface area contributed by atoms with Crippen molar-refractivity contribution in [2.45, 2.75) is 6.92 Å². The predicted molar refractivity (Wildman–Crippen MR) is 81.2 cm³/mol. The van der Waals surface area contributed by atoms with Crippen LogP contribution in [0.15, 0.2) is 47.3 Å². The van der Waals surface area contributed by atoms with E-state index in [0.29, 0.717) is 5.56 Å². The second-order valence-electron chi connectivity index (χ2n) is 5.08. The number of halogens is 2. The van der Waals surface area contributed by atoms with E-state index < -0.39 is 28.7 Å². The normalized spacial score (nSPS) is 10.9. The molecule has 0 aliphatic carbocycles. The van der Waals surface area contributed by atoms with Crippen molar-refractivity contribution < 1.29 is 18.7 Å². The third-order valence-electron chi connectivity index (χ3n) is 3.63. The van der Waals surface area contributed by atoms with Gasteiger partial charge in [-0.25, -0.2) is 9.18 Å². The smallest absolute Gasteiger partial charge is 0.344 e. The standard InChI is InChI=1S/C17H11F2NO3/c1-9-3-2-4-12-14(9)20(11-7-5-10(18)6-8-11)16(19)13(15(12)21)17(22)23/h2-8H,1H3,(H,22,23). The van der Waals surface area contributed by atoms with Gasteiger partial charge in [-0.3, -0.25) is 9.36 Å². The molecule has 0 aliphatic rings. The summed E-state index contributed by atoms with van der Waals surface area (Å²) in [7, 11) is 0. The van der Waals surface area contributed by atoms with Crippen LogP contribution in [0.2, 0.25) is 0 Å². The van der Waals surface area contributed by atoms with Crippen LogP contribution in [0.25, 0.3) is 16.6 Å². The Labute approximate surface area is 129 Å². The Bertz CT molecular complexity index is 991. The van der Waals surface area contributed by atoms with Crippen molar-refractivity contribution >= 4 is 16.9 Å². The number of aromatic carboxylic acids is 1. The minimum absolute atomic E-state index is 0.0909. The molecule has 3 rings (SSSR count). The zero-order chi connectivity index (χ0) is 16.7. The third-order valence-corrected chi connectivity index (χ3v) is 3.63. The van der Waals surface area contributed by atoms with Gasteiger partial charge in [-0.1, -0.05) is 12.1 Å². The van der Waals surface area contributed by atoms with Gasteiger partial charge in [-0.05, 0) is 42.8 Å². The lowest BCUT2D eigenvalue weighted by atomic mass is 10.1. The van der Waals surface area contributed by atoms with Gasteiger partial charge in [0.1, 0.15) is 5.82 Å². The minimum atomic E-state index is -1.65. The summed E-state index contributed by atoms with van der Waals surface area (Å²) >= 11 is 0. The molecule has 0 saturated heterocycles. The van der Waals surface area contributed by atoms with E-state index >= 15 is 0 Å². The monoisotopic (exact) mass is 315 g/mol. The molecule has 0 spiro atoms. The first-order chi connectivity index (χ1) is 10.9. The van der Waals surface area contributed by atoms with Gasteiger partial charge < -0.3 is 5.11 Å². The number of hydrogen-bond donors (Lipinski definition) is 1. The summed E-state index contributed by atoms with van der Waals surface area (Å²) in [5, 5.41) is 9.27. The molecule has 0 amide bonds. The molecule has 1 heterocycles. The van der Waals surface area contributed by atoms with E-state index in [1.54, 1.807) is 19.1 Å². The average Bonchev–Trinajstić information content (AvgIpc) is 2.50. The molecule has 0 radical (unpaired) electrons. The second kappa shape index (κ2) is 5.31. The summed E-state index contributed by atoms with van der Waals surface area (Å²) in [5.41, 5.74) is -0.739. The maximum Gasteiger partial charge on any atom is 0.344 e. The number of nitrogens with zero attached hydrogens (tertiary/aromatic N) is 1. The molecular weight excluding hydrogens is 304 g/mol. The Morgan fingerprint density at radius 2 is 1.74 bits per heavy atom. The maximum atomic E-state index is 14.8. The Kier molecular flexibility index (Phi) is 3.44. The highest BCUT2D eigenvalue weighted by atomic mass is 19.1. The Balaban J connectivity index is 2.56. The van der Waals surface area contributed by atoms with Crippen molar-refractivity contribution in [2.75, 3.05) is 0 Å². The largest absolute Gasteiger partial charge is 0.477 e. The van der Waals surface area contributed by atoms with Crippen LogP contribution in [0.5, 0.6) is 0 Å². The molecule has 0 aliphatic heterocycles. The first-order valence-electron chi connectivity index (χ1n) is 6.75. The van der Waals surface area contributed by atoms with Crippen LogP contribution >= 0.6 is 0 Å². The highest BCUT2D eigenvalue weighted by Crippen LogP contribution is 2.24. The summed E-state index contributed by atoms with van der Waals surface area (Å²) in [6.45, 7) is 1.68. The second-order valence-corrected chi connectivity index (χ2v) is 5.08. The zero-order valence-electron chi connectivity index (χ0n) is 12.0. The lowest BCUT2D eigenvalue weighted by molar-refractivity contribution is 0.0689. The number of carbonyl (C=O) groups is 1. The van der Waals surface area contributed by atoms with E-state index in [2.05, 4.69) is 0 Å². The van der Waals surface area contributed by atoms with Crippen molar-refractivity contribution in [1.82, 2.24) is 4.57 Å². The summed E-state index contributed by atoms with van der Waals surface area (Å²) in [4.78, 5) is 23.6. The Hall–Kier alpha value is -3.02. The van der Waals surface area contributed by atoms with E-state index in [9.17, 15) is 23.5 Å². The van der Waals surface area contributed by atoms with Crippen LogP contribution in [-0.4, -0.2) is 15.6 Å². The number of carboxylic acids is 1. The number of carboxylic acid groups (broad SMARTS) is 1. The van der Waals surface area contributed by atoms with Crippen molar-refractivity contribution in [2.24, 2.45) is 0 Å². The van der Waals surface area contributed by atoms with Crippen molar-refractivity contribution in [3.63, 3.8) is 0 Å². The van der Waals surface area contributed by atoms with Crippen molar-refractivity contribution in [3.8, 4) is 5.69 Å². The fraction of sp³-hybridized carbons (Fsp3) is 0.0588. The first-order valence-corrected chi connectivity index (χ1v) is 6.75. The molecule has 2 aromatic carbocycles. The minimum Gasteiger partial charge on any atom is -0.477 e. The van der Waals surface area contributed by atoms with Crippen LogP contribution < -0.4 is 5.43 Å². The fourth-order valence-corrected chi connectivity index (χ4v) is 2.60. The number of hydrogen-bond acceptors (Lipinski definition) is 2. The van der Waals surface area contributed by atoms with Gasteiger partial charge in [-0.2, -0.15) is 4.39 Å². The number of para-hydroxylation sites is 1. The number of aromatic nitrogens is 1. The Morgan fingerprint density at radius 1 is 1.09 bits per heavy atom. The van der Waals surface area contributed by atoms with Gasteiger partial charge in [0.2, 0.25) is 11.4 Å². The quantitative estimate of drug-likeness (QED) is 0.738. The number of rotatable bonds is 2. The fourth-order valence-electron chi connectivity index (χ4n) is 2.60. The molecule has 0 saturated carbocycles. The summed E-state index contributed by atoms with van der Waals surface area (Å²) in [5.74, 6) is -3.34. The van der Waals surface area contributed by atoms with Gasteiger partial charge in [0.15, 0.2) is 5.56 Å². The molecule has 0 atom stereocenters. The van der Waals surface area contributed by atoms with Gasteiger partial charge in [0.05, 0.1) is 5.52 Å². The first kappa shape index (κ1) is 14.9. The van der Waals surface area contributed by atoms with E-state index in [1.165, 1.54) is 18.2 Å². The number of fused-ring (bicyclic) bond motifs is 1. The van der Waals surface area contributed by atoms with Gasteiger partial charge in [-0.15, -0.1) is 0 Å². The summed E-state index contributed by atoms with van der Waals surface area (Å²) in [6.07, 6.45) is 0. The molecule has 1 aromatic heterocycles. The lowest BCUT2D eigenvalue weighted by Gasteiger charge is -2.16. The highest BCUT2D eigenvalue weighted by Gasteiger charge is 2.23. The molecule has 3 aromatic rings. The molecule has 23 heavy (non-hydrogen) atoms. The number of aryl methyl sites for hydroxylation is 1.